The number of hydrogen-bond donors (Lipinski definition) is 5. The molecule has 0 amide bonds. The minimum absolute atomic E-state index is 0.0992. The average Bonchev–Trinajstić information content (AvgIpc) is 2.54. The van der Waals surface area contributed by atoms with Gasteiger partial charge in [0.15, 0.2) is 0 Å². The molecular weight excluding hydrogens is 318 g/mol. The molecule has 9 nitrogen and oxygen atoms in total. The fourth-order valence-corrected chi connectivity index (χ4v) is 2.27. The molecule has 4 unspecified atom stereocenters. The third-order valence-corrected chi connectivity index (χ3v) is 3.82. The Morgan fingerprint density at radius 3 is 1.54 bits per heavy atom. The highest BCUT2D eigenvalue weighted by molar-refractivity contribution is 5.66. The molecule has 9 heteroatoms. The fourth-order valence-electron chi connectivity index (χ4n) is 2.27. The van der Waals surface area contributed by atoms with Crippen LogP contribution >= 0.6 is 0 Å². The van der Waals surface area contributed by atoms with Crippen LogP contribution in [0.3, 0.4) is 0 Å². The molecule has 24 heavy (non-hydrogen) atoms. The first-order chi connectivity index (χ1) is 11.3. The van der Waals surface area contributed by atoms with Crippen LogP contribution in [-0.4, -0.2) is 62.5 Å². The number of carboxylic acids is 1. The van der Waals surface area contributed by atoms with Gasteiger partial charge >= 0.3 is 5.97 Å². The van der Waals surface area contributed by atoms with Gasteiger partial charge in [0.05, 0.1) is 24.4 Å². The Hall–Kier alpha value is -1.38. The van der Waals surface area contributed by atoms with Crippen LogP contribution in [0, 0.1) is 0 Å². The molecule has 0 aliphatic carbocycles. The van der Waals surface area contributed by atoms with E-state index in [9.17, 15) is 25.2 Å². The van der Waals surface area contributed by atoms with Crippen LogP contribution in [0.1, 0.15) is 57.8 Å². The van der Waals surface area contributed by atoms with Gasteiger partial charge in [-0.1, -0.05) is 5.11 Å². The Kier molecular flexibility index (Phi) is 13.2. The Balaban J connectivity index is 3.71. The smallest absolute Gasteiger partial charge is 0.303 e. The molecule has 140 valence electrons. The van der Waals surface area contributed by atoms with E-state index in [1.54, 1.807) is 0 Å². The highest BCUT2D eigenvalue weighted by atomic mass is 16.4. The van der Waals surface area contributed by atoms with Gasteiger partial charge in [-0.25, -0.2) is 0 Å². The summed E-state index contributed by atoms with van der Waals surface area (Å²) in [5.41, 5.74) is 8.12. The number of carboxylic acid groups (broad SMARTS) is 1. The third kappa shape index (κ3) is 14.2. The molecule has 0 radical (unpaired) electrons. The van der Waals surface area contributed by atoms with Gasteiger partial charge < -0.3 is 25.5 Å². The van der Waals surface area contributed by atoms with E-state index in [0.717, 1.165) is 0 Å². The van der Waals surface area contributed by atoms with Crippen molar-refractivity contribution in [1.82, 2.24) is 0 Å². The maximum absolute atomic E-state index is 10.4. The number of aliphatic carboxylic acids is 1. The minimum atomic E-state index is -0.959. The van der Waals surface area contributed by atoms with E-state index in [1.807, 2.05) is 0 Å². The van der Waals surface area contributed by atoms with Crippen molar-refractivity contribution in [3.05, 3.63) is 10.4 Å². The zero-order valence-electron chi connectivity index (χ0n) is 13.9. The molecule has 0 spiro atoms. The fraction of sp³-hybridized carbons (Fsp3) is 0.933. The van der Waals surface area contributed by atoms with Crippen LogP contribution < -0.4 is 0 Å². The number of aliphatic hydroxyl groups is 4. The van der Waals surface area contributed by atoms with E-state index < -0.39 is 30.4 Å². The molecule has 0 rings (SSSR count). The summed E-state index contributed by atoms with van der Waals surface area (Å²) in [7, 11) is 0. The Bertz CT molecular complexity index is 367. The summed E-state index contributed by atoms with van der Waals surface area (Å²) < 4.78 is 0. The summed E-state index contributed by atoms with van der Waals surface area (Å²) in [4.78, 5) is 13.0. The summed E-state index contributed by atoms with van der Waals surface area (Å²) in [6.45, 7) is 0.219. The predicted octanol–water partition coefficient (Wildman–Crippen LogP) is 1.34. The van der Waals surface area contributed by atoms with Crippen molar-refractivity contribution < 1.29 is 30.3 Å². The van der Waals surface area contributed by atoms with Gasteiger partial charge in [-0.05, 0) is 56.9 Å². The van der Waals surface area contributed by atoms with E-state index >= 15 is 0 Å². The Labute approximate surface area is 141 Å². The molecule has 5 N–H and O–H groups in total. The number of carbonyl (C=O) groups is 1. The van der Waals surface area contributed by atoms with Crippen molar-refractivity contribution in [1.29, 1.82) is 0 Å². The quantitative estimate of drug-likeness (QED) is 0.170. The summed E-state index contributed by atoms with van der Waals surface area (Å²) in [5.74, 6) is -0.959. The first-order valence-corrected chi connectivity index (χ1v) is 8.30. The molecule has 0 aromatic carbocycles. The minimum Gasteiger partial charge on any atom is -0.481 e. The zero-order valence-corrected chi connectivity index (χ0v) is 13.9. The van der Waals surface area contributed by atoms with Crippen LogP contribution in [0.15, 0.2) is 5.11 Å². The van der Waals surface area contributed by atoms with Gasteiger partial charge in [0.2, 0.25) is 0 Å². The van der Waals surface area contributed by atoms with Gasteiger partial charge in [0, 0.05) is 17.9 Å². The van der Waals surface area contributed by atoms with Crippen molar-refractivity contribution in [2.75, 3.05) is 6.54 Å². The lowest BCUT2D eigenvalue weighted by molar-refractivity contribution is -0.137. The van der Waals surface area contributed by atoms with E-state index in [-0.39, 0.29) is 19.4 Å². The summed E-state index contributed by atoms with van der Waals surface area (Å²) in [6.07, 6.45) is -0.0186. The van der Waals surface area contributed by atoms with E-state index in [1.165, 1.54) is 0 Å². The summed E-state index contributed by atoms with van der Waals surface area (Å²) >= 11 is 0. The number of hydrogen-bond acceptors (Lipinski definition) is 6. The van der Waals surface area contributed by atoms with Crippen LogP contribution in [-0.2, 0) is 4.79 Å². The van der Waals surface area contributed by atoms with Crippen LogP contribution in [0.25, 0.3) is 10.4 Å². The standard InChI is InChI=1S/C15H29N3O6/c16-18-17-10-9-14(22)6-5-12(20)2-1-11(19)3-4-13(21)7-8-15(23)24/h11-14,19-22H,1-10H2,(H,23,24). The highest BCUT2D eigenvalue weighted by Crippen LogP contribution is 2.14. The Morgan fingerprint density at radius 1 is 0.792 bits per heavy atom. The molecule has 0 saturated heterocycles. The highest BCUT2D eigenvalue weighted by Gasteiger charge is 2.14. The molecule has 0 aromatic heterocycles. The third-order valence-electron chi connectivity index (χ3n) is 3.82. The molecule has 0 aromatic rings. The van der Waals surface area contributed by atoms with Crippen LogP contribution in [0.5, 0.6) is 0 Å². The topological polar surface area (TPSA) is 167 Å². The Morgan fingerprint density at radius 2 is 1.17 bits per heavy atom. The second-order valence-corrected chi connectivity index (χ2v) is 6.02. The number of azide groups is 1. The molecule has 0 aliphatic rings. The predicted molar refractivity (Wildman–Crippen MR) is 87.2 cm³/mol. The number of aliphatic hydroxyl groups excluding tert-OH is 4. The van der Waals surface area contributed by atoms with E-state index in [2.05, 4.69) is 10.0 Å². The van der Waals surface area contributed by atoms with Crippen molar-refractivity contribution >= 4 is 5.97 Å². The lowest BCUT2D eigenvalue weighted by Gasteiger charge is -2.17. The van der Waals surface area contributed by atoms with Crippen molar-refractivity contribution in [3.63, 3.8) is 0 Å². The van der Waals surface area contributed by atoms with Gasteiger partial charge in [-0.3, -0.25) is 4.79 Å². The molecule has 0 saturated carbocycles. The largest absolute Gasteiger partial charge is 0.481 e. The molecule has 0 bridgehead atoms. The number of rotatable bonds is 15. The summed E-state index contributed by atoms with van der Waals surface area (Å²) in [6, 6.07) is 0. The average molecular weight is 347 g/mol. The molecule has 0 heterocycles. The molecular formula is C15H29N3O6. The van der Waals surface area contributed by atoms with E-state index in [4.69, 9.17) is 10.6 Å². The molecule has 0 fully saturated rings. The molecule has 0 aliphatic heterocycles. The lowest BCUT2D eigenvalue weighted by Crippen LogP contribution is -2.18. The number of nitrogens with zero attached hydrogens (tertiary/aromatic N) is 3. The normalized spacial score (nSPS) is 16.0. The van der Waals surface area contributed by atoms with Crippen molar-refractivity contribution in [3.8, 4) is 0 Å². The second-order valence-electron chi connectivity index (χ2n) is 6.02. The monoisotopic (exact) mass is 347 g/mol. The van der Waals surface area contributed by atoms with Gasteiger partial charge in [-0.2, -0.15) is 0 Å². The lowest BCUT2D eigenvalue weighted by atomic mass is 9.99. The zero-order chi connectivity index (χ0) is 18.4. The van der Waals surface area contributed by atoms with E-state index in [0.29, 0.717) is 44.9 Å². The SMILES string of the molecule is [N-]=[N+]=NCCC(O)CCC(O)CCC(O)CCC(O)CCC(=O)O. The van der Waals surface area contributed by atoms with Crippen LogP contribution in [0.4, 0.5) is 0 Å². The maximum atomic E-state index is 10.4. The second kappa shape index (κ2) is 14.0. The van der Waals surface area contributed by atoms with Gasteiger partial charge in [0.1, 0.15) is 0 Å². The first-order valence-electron chi connectivity index (χ1n) is 8.30. The maximum Gasteiger partial charge on any atom is 0.303 e. The van der Waals surface area contributed by atoms with Crippen LogP contribution in [0.2, 0.25) is 0 Å². The molecule has 4 atom stereocenters. The van der Waals surface area contributed by atoms with Crippen molar-refractivity contribution in [2.45, 2.75) is 82.2 Å². The first kappa shape index (κ1) is 22.6. The van der Waals surface area contributed by atoms with Crippen molar-refractivity contribution in [2.24, 2.45) is 5.11 Å². The summed E-state index contributed by atoms with van der Waals surface area (Å²) in [5, 5.41) is 50.7. The van der Waals surface area contributed by atoms with Gasteiger partial charge in [-0.15, -0.1) is 0 Å². The van der Waals surface area contributed by atoms with Gasteiger partial charge in [0.25, 0.3) is 0 Å².